The molecule has 0 fully saturated rings. The Morgan fingerprint density at radius 2 is 1.69 bits per heavy atom. The number of nitrogens with one attached hydrogen (secondary N) is 1. The highest BCUT2D eigenvalue weighted by atomic mass is 32.2. The third-order valence-corrected chi connectivity index (χ3v) is 7.20. The molecule has 1 amide bonds. The van der Waals surface area contributed by atoms with Crippen LogP contribution >= 0.6 is 0 Å². The Morgan fingerprint density at radius 1 is 1.10 bits per heavy atom. The lowest BCUT2D eigenvalue weighted by Gasteiger charge is -2.29. The normalized spacial score (nSPS) is 14.5. The first kappa shape index (κ1) is 23.5. The Bertz CT molecular complexity index is 789. The van der Waals surface area contributed by atoms with Crippen molar-refractivity contribution < 1.29 is 22.7 Å². The second-order valence-electron chi connectivity index (χ2n) is 7.44. The molecule has 0 bridgehead atoms. The van der Waals surface area contributed by atoms with Crippen LogP contribution in [0, 0.1) is 5.92 Å². The first-order chi connectivity index (χ1) is 13.9. The fourth-order valence-corrected chi connectivity index (χ4v) is 5.10. The van der Waals surface area contributed by atoms with Gasteiger partial charge < -0.3 is 14.8 Å². The van der Waals surface area contributed by atoms with Crippen molar-refractivity contribution in [2.45, 2.75) is 52.5 Å². The number of methoxy groups -OCH3 is 2. The molecule has 2 rings (SSSR count). The van der Waals surface area contributed by atoms with Crippen molar-refractivity contribution in [1.29, 1.82) is 0 Å². The summed E-state index contributed by atoms with van der Waals surface area (Å²) in [5.74, 6) is 1.09. The third-order valence-electron chi connectivity index (χ3n) is 5.38. The maximum Gasteiger partial charge on any atom is 0.223 e. The predicted molar refractivity (Wildman–Crippen MR) is 114 cm³/mol. The second kappa shape index (κ2) is 10.8. The van der Waals surface area contributed by atoms with Gasteiger partial charge in [0, 0.05) is 25.6 Å². The van der Waals surface area contributed by atoms with Gasteiger partial charge in [-0.15, -0.1) is 0 Å². The zero-order chi connectivity index (χ0) is 21.4. The Kier molecular flexibility index (Phi) is 8.77. The average molecular weight is 427 g/mol. The molecule has 29 heavy (non-hydrogen) atoms. The van der Waals surface area contributed by atoms with Gasteiger partial charge in [-0.05, 0) is 42.5 Å². The maximum absolute atomic E-state index is 12.8. The number of hydrogen-bond acceptors (Lipinski definition) is 5. The number of benzene rings is 1. The van der Waals surface area contributed by atoms with E-state index in [1.165, 1.54) is 4.31 Å². The summed E-state index contributed by atoms with van der Waals surface area (Å²) in [6.07, 6.45) is 4.17. The Morgan fingerprint density at radius 3 is 2.24 bits per heavy atom. The number of rotatable bonds is 11. The molecule has 0 aromatic heterocycles. The van der Waals surface area contributed by atoms with E-state index in [4.69, 9.17) is 9.47 Å². The van der Waals surface area contributed by atoms with Crippen LogP contribution in [0.2, 0.25) is 0 Å². The number of carbonyl (C=O) groups excluding carboxylic acids is 1. The van der Waals surface area contributed by atoms with Gasteiger partial charge in [0.05, 0.1) is 20.0 Å². The maximum atomic E-state index is 12.8. The standard InChI is InChI=1S/C21H34N2O5S/c1-5-7-16(8-6-2)21(24)22-10-12-29(25,26)23-11-9-17-13-19(27-3)20(28-4)14-18(17)15-23/h13-14,16H,5-12,15H2,1-4H3,(H,22,24). The van der Waals surface area contributed by atoms with Gasteiger partial charge in [-0.25, -0.2) is 8.42 Å². The zero-order valence-corrected chi connectivity index (χ0v) is 18.8. The average Bonchev–Trinajstić information content (AvgIpc) is 2.71. The van der Waals surface area contributed by atoms with Gasteiger partial charge in [-0.3, -0.25) is 4.79 Å². The summed E-state index contributed by atoms with van der Waals surface area (Å²) in [6, 6.07) is 3.76. The highest BCUT2D eigenvalue weighted by Gasteiger charge is 2.28. The van der Waals surface area contributed by atoms with E-state index >= 15 is 0 Å². The van der Waals surface area contributed by atoms with Crippen LogP contribution in [0.5, 0.6) is 11.5 Å². The van der Waals surface area contributed by atoms with E-state index in [1.807, 2.05) is 12.1 Å². The quantitative estimate of drug-likeness (QED) is 0.588. The number of nitrogens with zero attached hydrogens (tertiary/aromatic N) is 1. The molecule has 0 unspecified atom stereocenters. The first-order valence-electron chi connectivity index (χ1n) is 10.4. The molecule has 1 heterocycles. The highest BCUT2D eigenvalue weighted by Crippen LogP contribution is 2.33. The van der Waals surface area contributed by atoms with Crippen molar-refractivity contribution in [2.24, 2.45) is 5.92 Å². The first-order valence-corrected chi connectivity index (χ1v) is 12.0. The fraction of sp³-hybridized carbons (Fsp3) is 0.667. The summed E-state index contributed by atoms with van der Waals surface area (Å²) in [4.78, 5) is 12.3. The van der Waals surface area contributed by atoms with Crippen LogP contribution < -0.4 is 14.8 Å². The summed E-state index contributed by atoms with van der Waals surface area (Å²) < 4.78 is 37.7. The molecule has 1 N–H and O–H groups in total. The zero-order valence-electron chi connectivity index (χ0n) is 18.0. The molecule has 1 aliphatic heterocycles. The summed E-state index contributed by atoms with van der Waals surface area (Å²) >= 11 is 0. The lowest BCUT2D eigenvalue weighted by atomic mass is 9.97. The minimum Gasteiger partial charge on any atom is -0.493 e. The number of carbonyl (C=O) groups is 1. The lowest BCUT2D eigenvalue weighted by Crippen LogP contribution is -2.41. The lowest BCUT2D eigenvalue weighted by molar-refractivity contribution is -0.125. The van der Waals surface area contributed by atoms with E-state index in [0.29, 0.717) is 31.0 Å². The van der Waals surface area contributed by atoms with Crippen molar-refractivity contribution >= 4 is 15.9 Å². The minimum atomic E-state index is -3.46. The summed E-state index contributed by atoms with van der Waals surface area (Å²) in [7, 11) is -0.310. The fourth-order valence-electron chi connectivity index (χ4n) is 3.77. The van der Waals surface area contributed by atoms with Crippen molar-refractivity contribution in [2.75, 3.05) is 33.1 Å². The summed E-state index contributed by atoms with van der Waals surface area (Å²) in [5.41, 5.74) is 2.00. The molecule has 0 aliphatic carbocycles. The van der Waals surface area contributed by atoms with Crippen LogP contribution in [0.25, 0.3) is 0 Å². The molecular weight excluding hydrogens is 392 g/mol. The van der Waals surface area contributed by atoms with Gasteiger partial charge in [-0.2, -0.15) is 4.31 Å². The predicted octanol–water partition coefficient (Wildman–Crippen LogP) is 2.72. The second-order valence-corrected chi connectivity index (χ2v) is 9.53. The smallest absolute Gasteiger partial charge is 0.223 e. The Balaban J connectivity index is 1.98. The van der Waals surface area contributed by atoms with Gasteiger partial charge in [0.2, 0.25) is 15.9 Å². The Labute approximate surface area is 174 Å². The number of fused-ring (bicyclic) bond motifs is 1. The van der Waals surface area contributed by atoms with E-state index in [9.17, 15) is 13.2 Å². The van der Waals surface area contributed by atoms with Crippen LogP contribution in [-0.4, -0.2) is 51.7 Å². The molecule has 1 aliphatic rings. The van der Waals surface area contributed by atoms with Crippen LogP contribution in [0.1, 0.15) is 50.7 Å². The number of amides is 1. The van der Waals surface area contributed by atoms with Gasteiger partial charge in [0.1, 0.15) is 0 Å². The number of ether oxygens (including phenoxy) is 2. The van der Waals surface area contributed by atoms with Crippen LogP contribution in [-0.2, 0) is 27.8 Å². The van der Waals surface area contributed by atoms with Crippen molar-refractivity contribution in [1.82, 2.24) is 9.62 Å². The largest absolute Gasteiger partial charge is 0.493 e. The SMILES string of the molecule is CCCC(CCC)C(=O)NCCS(=O)(=O)N1CCc2cc(OC)c(OC)cc2C1. The number of hydrogen-bond donors (Lipinski definition) is 1. The van der Waals surface area contributed by atoms with Crippen LogP contribution in [0.15, 0.2) is 12.1 Å². The molecule has 164 valence electrons. The molecule has 7 nitrogen and oxygen atoms in total. The molecular formula is C21H34N2O5S. The topological polar surface area (TPSA) is 84.9 Å². The monoisotopic (exact) mass is 426 g/mol. The molecule has 0 spiro atoms. The van der Waals surface area contributed by atoms with Crippen molar-refractivity contribution in [3.05, 3.63) is 23.3 Å². The summed E-state index contributed by atoms with van der Waals surface area (Å²) in [5, 5.41) is 2.82. The third kappa shape index (κ3) is 6.09. The van der Waals surface area contributed by atoms with E-state index in [0.717, 1.165) is 36.8 Å². The highest BCUT2D eigenvalue weighted by molar-refractivity contribution is 7.89. The van der Waals surface area contributed by atoms with Gasteiger partial charge in [-0.1, -0.05) is 26.7 Å². The Hall–Kier alpha value is -1.80. The van der Waals surface area contributed by atoms with E-state index in [1.54, 1.807) is 14.2 Å². The molecule has 1 aromatic rings. The molecule has 0 atom stereocenters. The molecule has 1 aromatic carbocycles. The van der Waals surface area contributed by atoms with E-state index < -0.39 is 10.0 Å². The van der Waals surface area contributed by atoms with Crippen LogP contribution in [0.4, 0.5) is 0 Å². The van der Waals surface area contributed by atoms with Crippen molar-refractivity contribution in [3.8, 4) is 11.5 Å². The van der Waals surface area contributed by atoms with E-state index in [-0.39, 0.29) is 24.1 Å². The van der Waals surface area contributed by atoms with E-state index in [2.05, 4.69) is 19.2 Å². The molecule has 0 radical (unpaired) electrons. The van der Waals surface area contributed by atoms with Gasteiger partial charge in [0.15, 0.2) is 11.5 Å². The van der Waals surface area contributed by atoms with Gasteiger partial charge in [0.25, 0.3) is 0 Å². The number of sulfonamides is 1. The minimum absolute atomic E-state index is 0.0305. The van der Waals surface area contributed by atoms with Gasteiger partial charge >= 0.3 is 0 Å². The van der Waals surface area contributed by atoms with Crippen LogP contribution in [0.3, 0.4) is 0 Å². The molecule has 0 saturated carbocycles. The van der Waals surface area contributed by atoms with Crippen molar-refractivity contribution in [3.63, 3.8) is 0 Å². The summed E-state index contributed by atoms with van der Waals surface area (Å²) in [6.45, 7) is 4.98. The molecule has 8 heteroatoms. The molecule has 0 saturated heterocycles.